The largest absolute Gasteiger partial charge is 0.368 e. The summed E-state index contributed by atoms with van der Waals surface area (Å²) in [6.45, 7) is 8.70. The molecule has 1 saturated heterocycles. The Balaban J connectivity index is 1.66. The molecule has 3 heterocycles. The maximum atomic E-state index is 14.1. The molecule has 0 saturated carbocycles. The van der Waals surface area contributed by atoms with Gasteiger partial charge >= 0.3 is 0 Å². The lowest BCUT2D eigenvalue weighted by atomic mass is 9.85. The average Bonchev–Trinajstić information content (AvgIpc) is 2.84. The smallest absolute Gasteiger partial charge is 0.255 e. The Bertz CT molecular complexity index is 1120. The van der Waals surface area contributed by atoms with Crippen molar-refractivity contribution in [3.05, 3.63) is 83.8 Å². The molecule has 1 aliphatic heterocycles. The van der Waals surface area contributed by atoms with Crippen molar-refractivity contribution >= 4 is 23.3 Å². The third kappa shape index (κ3) is 5.06. The Kier molecular flexibility index (Phi) is 7.04. The van der Waals surface area contributed by atoms with E-state index in [4.69, 9.17) is 11.6 Å². The number of aromatic nitrogens is 3. The van der Waals surface area contributed by atoms with E-state index >= 15 is 0 Å². The maximum Gasteiger partial charge on any atom is 0.255 e. The molecular formula is C26H28ClN5O. The number of nitrogens with zero attached hydrogens (tertiary/aromatic N) is 4. The van der Waals surface area contributed by atoms with Crippen molar-refractivity contribution in [1.29, 1.82) is 0 Å². The van der Waals surface area contributed by atoms with Crippen molar-refractivity contribution < 1.29 is 4.79 Å². The molecular weight excluding hydrogens is 434 g/mol. The van der Waals surface area contributed by atoms with E-state index in [9.17, 15) is 4.79 Å². The number of nitrogens with one attached hydrogen (secondary N) is 1. The van der Waals surface area contributed by atoms with Crippen LogP contribution in [0.3, 0.4) is 0 Å². The van der Waals surface area contributed by atoms with E-state index in [0.717, 1.165) is 29.8 Å². The van der Waals surface area contributed by atoms with Crippen LogP contribution >= 0.6 is 11.6 Å². The Morgan fingerprint density at radius 3 is 2.70 bits per heavy atom. The molecule has 170 valence electrons. The highest BCUT2D eigenvalue weighted by atomic mass is 35.5. The van der Waals surface area contributed by atoms with Crippen LogP contribution in [0.1, 0.15) is 35.7 Å². The number of piperidine rings is 1. The van der Waals surface area contributed by atoms with Gasteiger partial charge in [0.2, 0.25) is 0 Å². The zero-order valence-electron chi connectivity index (χ0n) is 18.9. The molecule has 1 fully saturated rings. The molecule has 0 spiro atoms. The van der Waals surface area contributed by atoms with Gasteiger partial charge in [0, 0.05) is 42.8 Å². The third-order valence-corrected chi connectivity index (χ3v) is 6.50. The topological polar surface area (TPSA) is 71.0 Å². The molecule has 33 heavy (non-hydrogen) atoms. The molecule has 6 nitrogen and oxygen atoms in total. The van der Waals surface area contributed by atoms with Gasteiger partial charge < -0.3 is 10.2 Å². The van der Waals surface area contributed by atoms with Gasteiger partial charge in [-0.05, 0) is 56.9 Å². The second kappa shape index (κ2) is 10.1. The van der Waals surface area contributed by atoms with Crippen molar-refractivity contribution in [2.24, 2.45) is 5.92 Å². The number of anilines is 1. The van der Waals surface area contributed by atoms with Gasteiger partial charge in [0.25, 0.3) is 5.91 Å². The monoisotopic (exact) mass is 461 g/mol. The first-order valence-corrected chi connectivity index (χ1v) is 11.5. The van der Waals surface area contributed by atoms with Crippen LogP contribution in [0.25, 0.3) is 11.4 Å². The van der Waals surface area contributed by atoms with Gasteiger partial charge in [0.1, 0.15) is 5.82 Å². The molecule has 0 bridgehead atoms. The number of carbonyl (C=O) groups is 1. The summed E-state index contributed by atoms with van der Waals surface area (Å²) in [4.78, 5) is 29.2. The molecule has 0 radical (unpaired) electrons. The van der Waals surface area contributed by atoms with Gasteiger partial charge in [0.15, 0.2) is 5.82 Å². The normalized spacial score (nSPS) is 20.3. The van der Waals surface area contributed by atoms with Crippen molar-refractivity contribution in [3.63, 3.8) is 0 Å². The third-order valence-electron chi connectivity index (χ3n) is 6.28. The highest BCUT2D eigenvalue weighted by Crippen LogP contribution is 2.32. The summed E-state index contributed by atoms with van der Waals surface area (Å²) in [5.74, 6) is 1.50. The minimum absolute atomic E-state index is 0.00577. The first-order chi connectivity index (χ1) is 16.0. The Labute approximate surface area is 199 Å². The summed E-state index contributed by atoms with van der Waals surface area (Å²) in [7, 11) is 0. The van der Waals surface area contributed by atoms with Crippen LogP contribution in [-0.2, 0) is 0 Å². The number of pyridine rings is 1. The SMILES string of the molecule is C=CC1CCC(CNc2ccc(Cl)cn2)N(C(=O)c2cc(C)ccc2-c2ncccn2)C1C. The van der Waals surface area contributed by atoms with Gasteiger partial charge in [0.05, 0.1) is 10.6 Å². The van der Waals surface area contributed by atoms with Crippen LogP contribution in [0, 0.1) is 12.8 Å². The average molecular weight is 462 g/mol. The summed E-state index contributed by atoms with van der Waals surface area (Å²) in [6, 6.07) is 11.3. The van der Waals surface area contributed by atoms with Gasteiger partial charge in [-0.1, -0.05) is 35.4 Å². The van der Waals surface area contributed by atoms with Crippen LogP contribution in [0.15, 0.2) is 67.6 Å². The predicted octanol–water partition coefficient (Wildman–Crippen LogP) is 5.41. The molecule has 4 rings (SSSR count). The standard InChI is InChI=1S/C26H28ClN5O/c1-4-19-7-9-21(16-31-24-11-8-20(27)15-30-24)32(18(19)3)26(33)23-14-17(2)6-10-22(23)25-28-12-5-13-29-25/h4-6,8,10-15,18-19,21H,1,7,9,16H2,2-3H3,(H,30,31). The number of carbonyl (C=O) groups excluding carboxylic acids is 1. The second-order valence-corrected chi connectivity index (χ2v) is 8.88. The molecule has 7 heteroatoms. The maximum absolute atomic E-state index is 14.1. The van der Waals surface area contributed by atoms with Crippen LogP contribution in [0.2, 0.25) is 5.02 Å². The quantitative estimate of drug-likeness (QED) is 0.497. The molecule has 0 aliphatic carbocycles. The molecule has 1 aromatic carbocycles. The molecule has 1 amide bonds. The number of aryl methyl sites for hydroxylation is 1. The molecule has 1 N–H and O–H groups in total. The van der Waals surface area contributed by atoms with Gasteiger partial charge in [-0.3, -0.25) is 4.79 Å². The fourth-order valence-corrected chi connectivity index (χ4v) is 4.59. The molecule has 3 atom stereocenters. The fraction of sp³-hybridized carbons (Fsp3) is 0.308. The van der Waals surface area contributed by atoms with Crippen LogP contribution in [-0.4, -0.2) is 44.4 Å². The lowest BCUT2D eigenvalue weighted by Gasteiger charge is -2.44. The summed E-state index contributed by atoms with van der Waals surface area (Å²) < 4.78 is 0. The van der Waals surface area contributed by atoms with Crippen molar-refractivity contribution in [2.75, 3.05) is 11.9 Å². The Hall–Kier alpha value is -3.25. The number of halogens is 1. The number of likely N-dealkylation sites (tertiary alicyclic amines) is 1. The lowest BCUT2D eigenvalue weighted by molar-refractivity contribution is 0.0417. The van der Waals surface area contributed by atoms with Crippen molar-refractivity contribution in [1.82, 2.24) is 19.9 Å². The van der Waals surface area contributed by atoms with Gasteiger partial charge in [-0.15, -0.1) is 6.58 Å². The molecule has 1 aliphatic rings. The highest BCUT2D eigenvalue weighted by Gasteiger charge is 2.37. The zero-order valence-corrected chi connectivity index (χ0v) is 19.7. The van der Waals surface area contributed by atoms with Crippen molar-refractivity contribution in [3.8, 4) is 11.4 Å². The van der Waals surface area contributed by atoms with Gasteiger partial charge in [-0.2, -0.15) is 0 Å². The van der Waals surface area contributed by atoms with Gasteiger partial charge in [-0.25, -0.2) is 15.0 Å². The van der Waals surface area contributed by atoms with E-state index in [1.165, 1.54) is 0 Å². The first-order valence-electron chi connectivity index (χ1n) is 11.2. The van der Waals surface area contributed by atoms with E-state index in [1.807, 2.05) is 42.2 Å². The fourth-order valence-electron chi connectivity index (χ4n) is 4.48. The van der Waals surface area contributed by atoms with E-state index in [-0.39, 0.29) is 23.9 Å². The minimum atomic E-state index is -0.0175. The number of hydrogen-bond acceptors (Lipinski definition) is 5. The van der Waals surface area contributed by atoms with E-state index < -0.39 is 0 Å². The zero-order chi connectivity index (χ0) is 23.4. The van der Waals surface area contributed by atoms with Crippen LogP contribution in [0.5, 0.6) is 0 Å². The Morgan fingerprint density at radius 1 is 1.21 bits per heavy atom. The van der Waals surface area contributed by atoms with Crippen molar-refractivity contribution in [2.45, 2.75) is 38.8 Å². The van der Waals surface area contributed by atoms with Crippen LogP contribution < -0.4 is 5.32 Å². The summed E-state index contributed by atoms with van der Waals surface area (Å²) >= 11 is 5.96. The first kappa shape index (κ1) is 22.9. The molecule has 2 aromatic heterocycles. The highest BCUT2D eigenvalue weighted by molar-refractivity contribution is 6.30. The molecule has 3 aromatic rings. The summed E-state index contributed by atoms with van der Waals surface area (Å²) in [5.41, 5.74) is 2.38. The number of rotatable bonds is 6. The second-order valence-electron chi connectivity index (χ2n) is 8.45. The predicted molar refractivity (Wildman–Crippen MR) is 132 cm³/mol. The molecule has 3 unspecified atom stereocenters. The summed E-state index contributed by atoms with van der Waals surface area (Å²) in [6.07, 6.45) is 8.82. The van der Waals surface area contributed by atoms with Crippen LogP contribution in [0.4, 0.5) is 5.82 Å². The van der Waals surface area contributed by atoms with E-state index in [2.05, 4.69) is 33.8 Å². The Morgan fingerprint density at radius 2 is 2.00 bits per heavy atom. The minimum Gasteiger partial charge on any atom is -0.368 e. The number of amides is 1. The summed E-state index contributed by atoms with van der Waals surface area (Å²) in [5, 5.41) is 3.97. The number of hydrogen-bond donors (Lipinski definition) is 1. The number of benzene rings is 1. The van der Waals surface area contributed by atoms with E-state index in [1.54, 1.807) is 30.7 Å². The van der Waals surface area contributed by atoms with E-state index in [0.29, 0.717) is 23.0 Å². The lowest BCUT2D eigenvalue weighted by Crippen LogP contribution is -2.54.